The Hall–Kier alpha value is -4.14. The fourth-order valence-electron chi connectivity index (χ4n) is 2.89. The van der Waals surface area contributed by atoms with Crippen molar-refractivity contribution in [3.8, 4) is 23.3 Å². The number of alkyl halides is 4. The Bertz CT molecular complexity index is 1330. The van der Waals surface area contributed by atoms with Gasteiger partial charge in [-0.05, 0) is 24.3 Å². The first-order valence-electron chi connectivity index (χ1n) is 8.03. The van der Waals surface area contributed by atoms with Crippen LogP contribution in [0.15, 0.2) is 41.2 Å². The lowest BCUT2D eigenvalue weighted by atomic mass is 10.1. The number of rotatable bonds is 2. The molecule has 152 valence electrons. The molecule has 1 aliphatic rings. The molecular weight excluding hydrogens is 414 g/mol. The van der Waals surface area contributed by atoms with Gasteiger partial charge in [-0.25, -0.2) is 9.48 Å². The van der Waals surface area contributed by atoms with E-state index >= 15 is 0 Å². The number of ether oxygens (including phenoxy) is 2. The van der Waals surface area contributed by atoms with E-state index in [1.807, 2.05) is 0 Å². The predicted octanol–water partition coefficient (Wildman–Crippen LogP) is 2.91. The van der Waals surface area contributed by atoms with Crippen LogP contribution in [0.4, 0.5) is 17.6 Å². The van der Waals surface area contributed by atoms with Gasteiger partial charge in [-0.1, -0.05) is 6.07 Å². The molecule has 1 aliphatic heterocycles. The molecule has 1 N–H and O–H groups in total. The van der Waals surface area contributed by atoms with Crippen LogP contribution in [0.3, 0.4) is 0 Å². The van der Waals surface area contributed by atoms with Crippen molar-refractivity contribution in [1.29, 1.82) is 5.26 Å². The topological polar surface area (TPSA) is 114 Å². The van der Waals surface area contributed by atoms with E-state index < -0.39 is 40.8 Å². The van der Waals surface area contributed by atoms with E-state index in [9.17, 15) is 37.5 Å². The number of fused-ring (bicyclic) bond motifs is 2. The second-order valence-corrected chi connectivity index (χ2v) is 6.07. The minimum atomic E-state index is -4.96. The van der Waals surface area contributed by atoms with Crippen molar-refractivity contribution in [2.75, 3.05) is 0 Å². The van der Waals surface area contributed by atoms with Crippen molar-refractivity contribution < 1.29 is 36.9 Å². The van der Waals surface area contributed by atoms with Gasteiger partial charge in [-0.2, -0.15) is 27.9 Å². The highest BCUT2D eigenvalue weighted by Crippen LogP contribution is 2.47. The van der Waals surface area contributed by atoms with Gasteiger partial charge in [0, 0.05) is 6.07 Å². The Balaban J connectivity index is 2.00. The molecule has 0 atom stereocenters. The fraction of sp³-hybridized carbons (Fsp3) is 0.111. The SMILES string of the molecule is N#Cc1cccc2c1c(=O)c(C(=O)O)nn2-c1ccc2c(c1)OC(F)(F)C(F)(F)O2. The summed E-state index contributed by atoms with van der Waals surface area (Å²) in [5.74, 6) is -3.13. The largest absolute Gasteiger partial charge is 0.507 e. The molecule has 2 aromatic carbocycles. The number of carbonyl (C=O) groups is 1. The van der Waals surface area contributed by atoms with Gasteiger partial charge in [0.15, 0.2) is 11.5 Å². The third-order valence-electron chi connectivity index (χ3n) is 4.22. The predicted molar refractivity (Wildman–Crippen MR) is 90.2 cm³/mol. The molecule has 3 aromatic rings. The van der Waals surface area contributed by atoms with Crippen LogP contribution in [0.5, 0.6) is 11.5 Å². The minimum Gasteiger partial charge on any atom is -0.476 e. The normalized spacial score (nSPS) is 16.1. The lowest BCUT2D eigenvalue weighted by Crippen LogP contribution is -2.52. The summed E-state index contributed by atoms with van der Waals surface area (Å²) < 4.78 is 62.6. The summed E-state index contributed by atoms with van der Waals surface area (Å²) in [6, 6.07) is 8.66. The monoisotopic (exact) mass is 421 g/mol. The van der Waals surface area contributed by atoms with Crippen LogP contribution >= 0.6 is 0 Å². The van der Waals surface area contributed by atoms with Gasteiger partial charge in [0.05, 0.1) is 28.2 Å². The summed E-state index contributed by atoms with van der Waals surface area (Å²) in [6.45, 7) is 0. The highest BCUT2D eigenvalue weighted by molar-refractivity contribution is 5.93. The molecular formula is C18H7F4N3O5. The molecule has 12 heteroatoms. The van der Waals surface area contributed by atoms with Crippen LogP contribution in [-0.4, -0.2) is 33.1 Å². The standard InChI is InChI=1S/C18H7F4N3O5/c19-17(20)18(21,22)30-12-6-9(4-5-11(12)29-17)25-10-3-1-2-8(7-23)13(10)15(26)14(24-25)16(27)28/h1-6H,(H,27,28). The quantitative estimate of drug-likeness (QED) is 0.633. The van der Waals surface area contributed by atoms with Crippen molar-refractivity contribution in [2.24, 2.45) is 0 Å². The number of nitrogens with zero attached hydrogens (tertiary/aromatic N) is 3. The van der Waals surface area contributed by atoms with E-state index in [0.29, 0.717) is 0 Å². The molecule has 0 spiro atoms. The third-order valence-corrected chi connectivity index (χ3v) is 4.22. The van der Waals surface area contributed by atoms with Crippen molar-refractivity contribution in [2.45, 2.75) is 12.2 Å². The summed E-state index contributed by atoms with van der Waals surface area (Å²) in [5, 5.41) is 22.0. The number of benzene rings is 2. The van der Waals surface area contributed by atoms with E-state index in [1.54, 1.807) is 6.07 Å². The lowest BCUT2D eigenvalue weighted by Gasteiger charge is -2.32. The summed E-state index contributed by atoms with van der Waals surface area (Å²) >= 11 is 0. The van der Waals surface area contributed by atoms with Crippen molar-refractivity contribution in [1.82, 2.24) is 9.78 Å². The molecule has 0 radical (unpaired) electrons. The molecule has 0 amide bonds. The molecule has 0 saturated heterocycles. The zero-order chi connectivity index (χ0) is 21.8. The van der Waals surface area contributed by atoms with Crippen LogP contribution in [0.2, 0.25) is 0 Å². The Kier molecular flexibility index (Phi) is 3.95. The summed E-state index contributed by atoms with van der Waals surface area (Å²) in [4.78, 5) is 23.9. The molecule has 0 bridgehead atoms. The molecule has 8 nitrogen and oxygen atoms in total. The smallest absolute Gasteiger partial charge is 0.476 e. The summed E-state index contributed by atoms with van der Waals surface area (Å²) in [5.41, 5.74) is -2.22. The number of halogens is 4. The van der Waals surface area contributed by atoms with E-state index in [-0.39, 0.29) is 22.2 Å². The maximum Gasteiger partial charge on any atom is 0.507 e. The highest BCUT2D eigenvalue weighted by atomic mass is 19.3. The molecule has 0 aliphatic carbocycles. The average molecular weight is 421 g/mol. The van der Waals surface area contributed by atoms with E-state index in [0.717, 1.165) is 22.9 Å². The molecule has 2 heterocycles. The zero-order valence-electron chi connectivity index (χ0n) is 14.4. The molecule has 0 fully saturated rings. The number of aromatic nitrogens is 2. The minimum absolute atomic E-state index is 0.0159. The lowest BCUT2D eigenvalue weighted by molar-refractivity contribution is -0.391. The van der Waals surface area contributed by atoms with Crippen LogP contribution in [-0.2, 0) is 0 Å². The second kappa shape index (κ2) is 6.18. The van der Waals surface area contributed by atoms with Crippen molar-refractivity contribution in [3.63, 3.8) is 0 Å². The zero-order valence-corrected chi connectivity index (χ0v) is 14.4. The average Bonchev–Trinajstić information content (AvgIpc) is 2.67. The van der Waals surface area contributed by atoms with E-state index in [1.165, 1.54) is 18.2 Å². The van der Waals surface area contributed by atoms with E-state index in [4.69, 9.17) is 0 Å². The first kappa shape index (κ1) is 19.2. The van der Waals surface area contributed by atoms with Gasteiger partial charge in [0.25, 0.3) is 0 Å². The number of nitriles is 1. The first-order valence-corrected chi connectivity index (χ1v) is 8.03. The Labute approximate surface area is 163 Å². The maximum absolute atomic E-state index is 13.5. The maximum atomic E-state index is 13.5. The van der Waals surface area contributed by atoms with Crippen LogP contribution < -0.4 is 14.9 Å². The van der Waals surface area contributed by atoms with Gasteiger partial charge in [-0.15, -0.1) is 0 Å². The van der Waals surface area contributed by atoms with E-state index in [2.05, 4.69) is 14.6 Å². The Morgan fingerprint density at radius 1 is 1.10 bits per heavy atom. The molecule has 0 saturated carbocycles. The summed E-state index contributed by atoms with van der Waals surface area (Å²) in [6.07, 6.45) is -9.86. The van der Waals surface area contributed by atoms with Crippen LogP contribution in [0, 0.1) is 11.3 Å². The van der Waals surface area contributed by atoms with Crippen molar-refractivity contribution in [3.05, 3.63) is 57.9 Å². The van der Waals surface area contributed by atoms with Crippen LogP contribution in [0.25, 0.3) is 16.6 Å². The molecule has 4 rings (SSSR count). The number of carboxylic acids is 1. The van der Waals surface area contributed by atoms with Crippen molar-refractivity contribution >= 4 is 16.9 Å². The summed E-state index contributed by atoms with van der Waals surface area (Å²) in [7, 11) is 0. The number of aromatic carboxylic acids is 1. The Morgan fingerprint density at radius 2 is 1.77 bits per heavy atom. The number of hydrogen-bond acceptors (Lipinski definition) is 6. The highest BCUT2D eigenvalue weighted by Gasteiger charge is 2.65. The molecule has 30 heavy (non-hydrogen) atoms. The van der Waals surface area contributed by atoms with Gasteiger partial charge in [0.1, 0.15) is 0 Å². The molecule has 1 aromatic heterocycles. The van der Waals surface area contributed by atoms with Gasteiger partial charge in [0.2, 0.25) is 11.1 Å². The molecule has 0 unspecified atom stereocenters. The van der Waals surface area contributed by atoms with Gasteiger partial charge >= 0.3 is 18.2 Å². The van der Waals surface area contributed by atoms with Gasteiger partial charge in [-0.3, -0.25) is 4.79 Å². The second-order valence-electron chi connectivity index (χ2n) is 6.07. The van der Waals surface area contributed by atoms with Gasteiger partial charge < -0.3 is 14.6 Å². The fourth-order valence-corrected chi connectivity index (χ4v) is 2.89. The third kappa shape index (κ3) is 2.71. The number of hydrogen-bond donors (Lipinski definition) is 1. The number of carboxylic acid groups (broad SMARTS) is 1. The first-order chi connectivity index (χ1) is 14.1. The Morgan fingerprint density at radius 3 is 2.40 bits per heavy atom. The van der Waals surface area contributed by atoms with Crippen LogP contribution in [0.1, 0.15) is 16.1 Å².